The lowest BCUT2D eigenvalue weighted by Gasteiger charge is -2.37. The van der Waals surface area contributed by atoms with Gasteiger partial charge in [0, 0.05) is 30.7 Å². The average Bonchev–Trinajstić information content (AvgIpc) is 3.52. The first-order valence-electron chi connectivity index (χ1n) is 15.7. The molecule has 2 atom stereocenters. The van der Waals surface area contributed by atoms with Gasteiger partial charge in [0.25, 0.3) is 0 Å². The molecule has 8 heteroatoms. The van der Waals surface area contributed by atoms with Crippen molar-refractivity contribution in [1.82, 2.24) is 9.80 Å². The second-order valence-corrected chi connectivity index (χ2v) is 12.5. The maximum Gasteiger partial charge on any atom is 0.231 e. The van der Waals surface area contributed by atoms with E-state index in [-0.39, 0.29) is 18.9 Å². The zero-order chi connectivity index (χ0) is 30.7. The van der Waals surface area contributed by atoms with Crippen LogP contribution in [-0.2, 0) is 25.7 Å². The summed E-state index contributed by atoms with van der Waals surface area (Å²) in [7, 11) is 7.79. The van der Waals surface area contributed by atoms with Gasteiger partial charge in [-0.2, -0.15) is 0 Å². The molecular weight excluding hydrogens is 568 g/mol. The van der Waals surface area contributed by atoms with Gasteiger partial charge in [0.1, 0.15) is 5.75 Å². The van der Waals surface area contributed by atoms with Crippen LogP contribution in [0.1, 0.15) is 45.5 Å². The minimum atomic E-state index is 0.0451. The van der Waals surface area contributed by atoms with Crippen molar-refractivity contribution in [2.24, 2.45) is 0 Å². The van der Waals surface area contributed by atoms with Crippen LogP contribution in [0.3, 0.4) is 0 Å². The third-order valence-corrected chi connectivity index (χ3v) is 9.82. The van der Waals surface area contributed by atoms with Crippen LogP contribution in [0.25, 0.3) is 0 Å². The number of hydrogen-bond donors (Lipinski definition) is 0. The summed E-state index contributed by atoms with van der Waals surface area (Å²) >= 11 is 0. The molecule has 8 nitrogen and oxygen atoms in total. The number of fused-ring (bicyclic) bond motifs is 3. The van der Waals surface area contributed by atoms with Gasteiger partial charge in [0.15, 0.2) is 34.5 Å². The Kier molecular flexibility index (Phi) is 6.99. The fraction of sp³-hybridized carbons (Fsp3) is 0.351. The molecule has 9 rings (SSSR count). The van der Waals surface area contributed by atoms with Crippen molar-refractivity contribution in [2.75, 3.05) is 48.2 Å². The summed E-state index contributed by atoms with van der Waals surface area (Å²) in [5, 5.41) is 0. The van der Waals surface area contributed by atoms with Gasteiger partial charge in [-0.25, -0.2) is 0 Å². The zero-order valence-electron chi connectivity index (χ0n) is 26.2. The van der Waals surface area contributed by atoms with Crippen LogP contribution < -0.4 is 28.4 Å². The molecule has 232 valence electrons. The van der Waals surface area contributed by atoms with Crippen molar-refractivity contribution in [1.29, 1.82) is 0 Å². The van der Waals surface area contributed by atoms with Crippen LogP contribution in [0.2, 0.25) is 0 Å². The summed E-state index contributed by atoms with van der Waals surface area (Å²) < 4.78 is 37.3. The Bertz CT molecular complexity index is 1790. The second kappa shape index (κ2) is 11.2. The summed E-state index contributed by atoms with van der Waals surface area (Å²) in [6.07, 6.45) is 3.40. The molecule has 0 saturated carbocycles. The number of likely N-dealkylation sites (N-methyl/N-ethyl adjacent to an activating group) is 2. The lowest BCUT2D eigenvalue weighted by molar-refractivity contribution is 0.171. The minimum absolute atomic E-state index is 0.0451. The molecule has 0 aliphatic carbocycles. The second-order valence-electron chi connectivity index (χ2n) is 12.5. The molecule has 5 aliphatic rings. The van der Waals surface area contributed by atoms with E-state index in [1.54, 1.807) is 14.2 Å². The van der Waals surface area contributed by atoms with Gasteiger partial charge in [0.2, 0.25) is 12.5 Å². The third-order valence-electron chi connectivity index (χ3n) is 9.82. The highest BCUT2D eigenvalue weighted by molar-refractivity contribution is 5.64. The summed E-state index contributed by atoms with van der Waals surface area (Å²) in [4.78, 5) is 4.82. The van der Waals surface area contributed by atoms with E-state index in [0.29, 0.717) is 28.7 Å². The molecule has 4 aromatic rings. The summed E-state index contributed by atoms with van der Waals surface area (Å²) in [6.45, 7) is 2.05. The van der Waals surface area contributed by atoms with E-state index in [1.807, 2.05) is 12.1 Å². The average molecular weight is 607 g/mol. The Hall–Kier alpha value is -4.40. The van der Waals surface area contributed by atoms with E-state index in [1.165, 1.54) is 22.3 Å². The van der Waals surface area contributed by atoms with Crippen molar-refractivity contribution in [3.05, 3.63) is 94.0 Å². The molecule has 4 aromatic carbocycles. The molecule has 0 fully saturated rings. The van der Waals surface area contributed by atoms with Gasteiger partial charge in [-0.15, -0.1) is 0 Å². The van der Waals surface area contributed by atoms with Crippen molar-refractivity contribution in [3.8, 4) is 46.0 Å². The number of rotatable bonds is 2. The fourth-order valence-corrected chi connectivity index (χ4v) is 7.36. The molecule has 0 saturated heterocycles. The maximum absolute atomic E-state index is 7.01. The van der Waals surface area contributed by atoms with Crippen LogP contribution in [0, 0.1) is 0 Å². The normalized spacial score (nSPS) is 20.4. The number of hydrogen-bond acceptors (Lipinski definition) is 8. The van der Waals surface area contributed by atoms with Crippen LogP contribution >= 0.6 is 0 Å². The smallest absolute Gasteiger partial charge is 0.231 e. The predicted octanol–water partition coefficient (Wildman–Crippen LogP) is 6.87. The molecule has 0 N–H and O–H groups in total. The Morgan fingerprint density at radius 1 is 0.667 bits per heavy atom. The van der Waals surface area contributed by atoms with E-state index in [0.717, 1.165) is 67.1 Å². The highest BCUT2D eigenvalue weighted by Gasteiger charge is 2.36. The molecule has 45 heavy (non-hydrogen) atoms. The zero-order valence-corrected chi connectivity index (χ0v) is 26.2. The van der Waals surface area contributed by atoms with E-state index in [2.05, 4.69) is 72.4 Å². The van der Waals surface area contributed by atoms with Crippen molar-refractivity contribution in [3.63, 3.8) is 0 Å². The number of methoxy groups -OCH3 is 2. The molecule has 6 bridgehead atoms. The van der Waals surface area contributed by atoms with E-state index >= 15 is 0 Å². The Labute approximate surface area is 264 Å². The first-order valence-corrected chi connectivity index (χ1v) is 15.7. The Morgan fingerprint density at radius 2 is 1.42 bits per heavy atom. The van der Waals surface area contributed by atoms with E-state index in [9.17, 15) is 0 Å². The van der Waals surface area contributed by atoms with Gasteiger partial charge < -0.3 is 28.4 Å². The number of benzene rings is 4. The Morgan fingerprint density at radius 3 is 2.27 bits per heavy atom. The summed E-state index contributed by atoms with van der Waals surface area (Å²) in [5.41, 5.74) is 7.20. The van der Waals surface area contributed by atoms with Crippen molar-refractivity contribution < 1.29 is 28.4 Å². The molecule has 5 aliphatic heterocycles. The third kappa shape index (κ3) is 4.93. The molecule has 5 heterocycles. The highest BCUT2D eigenvalue weighted by Crippen LogP contribution is 2.53. The van der Waals surface area contributed by atoms with Crippen LogP contribution in [0.5, 0.6) is 46.0 Å². The number of ether oxygens (including phenoxy) is 6. The van der Waals surface area contributed by atoms with Crippen molar-refractivity contribution >= 4 is 0 Å². The van der Waals surface area contributed by atoms with Crippen LogP contribution in [0.4, 0.5) is 0 Å². The standard InChI is InChI=1S/C37H38N2O6/c1-38-12-10-24-18-32(41-4)33-20-27(24)28(38)15-23-8-9-30(31(17-23)40-3)44-26-7-5-6-22(14-26)16-29-35-25(11-13-39(29)2)19-34-36(37(35)45-33)43-21-42-34/h5-9,14,17-20,28-29H,10-13,15-16,21H2,1-4H3/t28-,29-/m0/s1. The first-order chi connectivity index (χ1) is 22.0. The van der Waals surface area contributed by atoms with E-state index in [4.69, 9.17) is 28.4 Å². The van der Waals surface area contributed by atoms with Crippen molar-refractivity contribution in [2.45, 2.75) is 37.8 Å². The SMILES string of the molecule is COc1cc2ccc1Oc1cccc(c1)C[C@H]1c3c(cc4c(c3Oc3cc5c(cc3OC)CCN(C)[C@H]5C2)OCO4)CCN1C. The highest BCUT2D eigenvalue weighted by atomic mass is 16.7. The predicted molar refractivity (Wildman–Crippen MR) is 171 cm³/mol. The molecular formula is C37H38N2O6. The molecule has 0 aromatic heterocycles. The largest absolute Gasteiger partial charge is 0.493 e. The van der Waals surface area contributed by atoms with Crippen LogP contribution in [-0.4, -0.2) is 58.0 Å². The molecule has 0 unspecified atom stereocenters. The lowest BCUT2D eigenvalue weighted by Crippen LogP contribution is -2.34. The van der Waals surface area contributed by atoms with Gasteiger partial charge in [0.05, 0.1) is 14.2 Å². The minimum Gasteiger partial charge on any atom is -0.493 e. The topological polar surface area (TPSA) is 61.9 Å². The van der Waals surface area contributed by atoms with Gasteiger partial charge >= 0.3 is 0 Å². The fourth-order valence-electron chi connectivity index (χ4n) is 7.36. The van der Waals surface area contributed by atoms with Gasteiger partial charge in [-0.3, -0.25) is 9.80 Å². The molecule has 0 spiro atoms. The Balaban J connectivity index is 1.35. The summed E-state index contributed by atoms with van der Waals surface area (Å²) in [6, 6.07) is 21.3. The van der Waals surface area contributed by atoms with Gasteiger partial charge in [-0.1, -0.05) is 18.2 Å². The monoisotopic (exact) mass is 606 g/mol. The number of nitrogens with zero attached hydrogens (tertiary/aromatic N) is 2. The van der Waals surface area contributed by atoms with Gasteiger partial charge in [-0.05, 0) is 110 Å². The van der Waals surface area contributed by atoms with E-state index < -0.39 is 0 Å². The summed E-state index contributed by atoms with van der Waals surface area (Å²) in [5.74, 6) is 5.69. The van der Waals surface area contributed by atoms with Crippen LogP contribution in [0.15, 0.2) is 60.7 Å². The maximum atomic E-state index is 7.01. The lowest BCUT2D eigenvalue weighted by atomic mass is 9.87. The molecule has 0 amide bonds. The quantitative estimate of drug-likeness (QED) is 0.245. The molecule has 0 radical (unpaired) electrons. The first kappa shape index (κ1) is 28.1.